The Balaban J connectivity index is 2.62. The van der Waals surface area contributed by atoms with Gasteiger partial charge in [-0.1, -0.05) is 33.1 Å². The molecule has 1 aromatic carbocycles. The van der Waals surface area contributed by atoms with E-state index in [0.29, 0.717) is 0 Å². The van der Waals surface area contributed by atoms with Crippen molar-refractivity contribution in [2.75, 3.05) is 13.7 Å². The lowest BCUT2D eigenvalue weighted by molar-refractivity contribution is 0.300. The zero-order valence-electron chi connectivity index (χ0n) is 13.2. The maximum atomic E-state index is 6.06. The predicted molar refractivity (Wildman–Crippen MR) is 84.6 cm³/mol. The van der Waals surface area contributed by atoms with E-state index in [1.54, 1.807) is 7.11 Å². The third kappa shape index (κ3) is 5.83. The molecule has 0 fully saturated rings. The molecule has 0 aromatic heterocycles. The van der Waals surface area contributed by atoms with Crippen LogP contribution in [0.4, 0.5) is 0 Å². The number of benzene rings is 1. The van der Waals surface area contributed by atoms with Crippen LogP contribution >= 0.6 is 0 Å². The average molecular weight is 279 g/mol. The van der Waals surface area contributed by atoms with Gasteiger partial charge in [-0.05, 0) is 43.0 Å². The van der Waals surface area contributed by atoms with Gasteiger partial charge in [-0.3, -0.25) is 0 Å². The van der Waals surface area contributed by atoms with E-state index in [1.165, 1.54) is 19.3 Å². The maximum absolute atomic E-state index is 6.06. The number of hydrogen-bond acceptors (Lipinski definition) is 3. The minimum atomic E-state index is 0.171. The summed E-state index contributed by atoms with van der Waals surface area (Å²) in [6.07, 6.45) is 6.67. The van der Waals surface area contributed by atoms with Crippen molar-refractivity contribution in [1.29, 1.82) is 0 Å². The van der Waals surface area contributed by atoms with Crippen LogP contribution in [-0.2, 0) is 6.42 Å². The molecule has 20 heavy (non-hydrogen) atoms. The monoisotopic (exact) mass is 279 g/mol. The second-order valence-corrected chi connectivity index (χ2v) is 5.26. The Morgan fingerprint density at radius 1 is 1.15 bits per heavy atom. The first-order valence-electron chi connectivity index (χ1n) is 7.76. The van der Waals surface area contributed by atoms with Crippen molar-refractivity contribution >= 4 is 0 Å². The Morgan fingerprint density at radius 3 is 2.60 bits per heavy atom. The molecule has 3 nitrogen and oxygen atoms in total. The van der Waals surface area contributed by atoms with Gasteiger partial charge in [0.15, 0.2) is 0 Å². The van der Waals surface area contributed by atoms with E-state index in [2.05, 4.69) is 13.8 Å². The number of ether oxygens (including phenoxy) is 2. The van der Waals surface area contributed by atoms with Crippen molar-refractivity contribution < 1.29 is 9.47 Å². The molecule has 114 valence electrons. The lowest BCUT2D eigenvalue weighted by Gasteiger charge is -2.15. The second-order valence-electron chi connectivity index (χ2n) is 5.26. The Labute approximate surface area is 123 Å². The minimum Gasteiger partial charge on any atom is -0.497 e. The zero-order chi connectivity index (χ0) is 14.8. The second kappa shape index (κ2) is 9.65. The molecule has 0 aliphatic heterocycles. The molecule has 1 aromatic rings. The molecule has 0 amide bonds. The van der Waals surface area contributed by atoms with E-state index < -0.39 is 0 Å². The molecule has 0 spiro atoms. The summed E-state index contributed by atoms with van der Waals surface area (Å²) in [5.41, 5.74) is 7.21. The van der Waals surface area contributed by atoms with Gasteiger partial charge in [0.05, 0.1) is 13.7 Å². The van der Waals surface area contributed by atoms with E-state index in [4.69, 9.17) is 15.2 Å². The number of methoxy groups -OCH3 is 1. The van der Waals surface area contributed by atoms with Gasteiger partial charge >= 0.3 is 0 Å². The SMILES string of the molecule is CCCCCCOc1ccc(OC)cc1CC(N)CC. The molecule has 0 saturated heterocycles. The zero-order valence-corrected chi connectivity index (χ0v) is 13.2. The molecular weight excluding hydrogens is 250 g/mol. The number of hydrogen-bond donors (Lipinski definition) is 1. The van der Waals surface area contributed by atoms with Gasteiger partial charge < -0.3 is 15.2 Å². The summed E-state index contributed by atoms with van der Waals surface area (Å²) in [5.74, 6) is 1.81. The molecule has 0 radical (unpaired) electrons. The van der Waals surface area contributed by atoms with Gasteiger partial charge in [0.25, 0.3) is 0 Å². The highest BCUT2D eigenvalue weighted by molar-refractivity contribution is 5.40. The molecule has 1 unspecified atom stereocenters. The molecular formula is C17H29NO2. The summed E-state index contributed by atoms with van der Waals surface area (Å²) >= 11 is 0. The molecule has 0 bridgehead atoms. The molecule has 0 heterocycles. The summed E-state index contributed by atoms with van der Waals surface area (Å²) in [7, 11) is 1.68. The Hall–Kier alpha value is -1.22. The van der Waals surface area contributed by atoms with Crippen LogP contribution in [0.1, 0.15) is 51.5 Å². The molecule has 3 heteroatoms. The Morgan fingerprint density at radius 2 is 1.95 bits per heavy atom. The van der Waals surface area contributed by atoms with E-state index in [1.807, 2.05) is 18.2 Å². The van der Waals surface area contributed by atoms with Gasteiger partial charge in [0, 0.05) is 6.04 Å². The number of unbranched alkanes of at least 4 members (excludes halogenated alkanes) is 3. The lowest BCUT2D eigenvalue weighted by Crippen LogP contribution is -2.21. The third-order valence-electron chi connectivity index (χ3n) is 3.53. The Bertz CT molecular complexity index is 379. The van der Waals surface area contributed by atoms with E-state index in [9.17, 15) is 0 Å². The van der Waals surface area contributed by atoms with E-state index in [0.717, 1.165) is 42.9 Å². The third-order valence-corrected chi connectivity index (χ3v) is 3.53. The topological polar surface area (TPSA) is 44.5 Å². The molecule has 1 rings (SSSR count). The highest BCUT2D eigenvalue weighted by atomic mass is 16.5. The van der Waals surface area contributed by atoms with Crippen molar-refractivity contribution in [3.8, 4) is 11.5 Å². The van der Waals surface area contributed by atoms with Crippen LogP contribution in [0.25, 0.3) is 0 Å². The molecule has 0 aliphatic rings. The predicted octanol–water partition coefficient (Wildman–Crippen LogP) is 3.93. The fourth-order valence-electron chi connectivity index (χ4n) is 2.12. The molecule has 0 saturated carbocycles. The first kappa shape index (κ1) is 16.8. The smallest absolute Gasteiger partial charge is 0.122 e. The summed E-state index contributed by atoms with van der Waals surface area (Å²) in [6.45, 7) is 5.10. The molecule has 0 aliphatic carbocycles. The van der Waals surface area contributed by atoms with E-state index in [-0.39, 0.29) is 6.04 Å². The van der Waals surface area contributed by atoms with Crippen LogP contribution in [-0.4, -0.2) is 19.8 Å². The van der Waals surface area contributed by atoms with Crippen molar-refractivity contribution in [3.63, 3.8) is 0 Å². The van der Waals surface area contributed by atoms with Crippen LogP contribution in [0.2, 0.25) is 0 Å². The standard InChI is InChI=1S/C17H29NO2/c1-4-6-7-8-11-20-17-10-9-16(19-3)13-14(17)12-15(18)5-2/h9-10,13,15H,4-8,11-12,18H2,1-3H3. The van der Waals surface area contributed by atoms with Gasteiger partial charge in [0.2, 0.25) is 0 Å². The molecule has 1 atom stereocenters. The Kier molecular flexibility index (Phi) is 8.12. The van der Waals surface area contributed by atoms with Crippen molar-refractivity contribution in [3.05, 3.63) is 23.8 Å². The van der Waals surface area contributed by atoms with Gasteiger partial charge in [0.1, 0.15) is 11.5 Å². The fourth-order valence-corrected chi connectivity index (χ4v) is 2.12. The summed E-state index contributed by atoms with van der Waals surface area (Å²) in [5, 5.41) is 0. The quantitative estimate of drug-likeness (QED) is 0.660. The first-order chi connectivity index (χ1) is 9.71. The lowest BCUT2D eigenvalue weighted by atomic mass is 10.0. The van der Waals surface area contributed by atoms with Crippen molar-refractivity contribution in [2.24, 2.45) is 5.73 Å². The highest BCUT2D eigenvalue weighted by Gasteiger charge is 2.09. The highest BCUT2D eigenvalue weighted by Crippen LogP contribution is 2.26. The largest absolute Gasteiger partial charge is 0.497 e. The normalized spacial score (nSPS) is 12.2. The summed E-state index contributed by atoms with van der Waals surface area (Å²) < 4.78 is 11.2. The minimum absolute atomic E-state index is 0.171. The van der Waals surface area contributed by atoms with Crippen LogP contribution in [0.15, 0.2) is 18.2 Å². The van der Waals surface area contributed by atoms with Gasteiger partial charge in [-0.15, -0.1) is 0 Å². The van der Waals surface area contributed by atoms with Crippen molar-refractivity contribution in [2.45, 2.75) is 58.4 Å². The number of nitrogens with two attached hydrogens (primary N) is 1. The van der Waals surface area contributed by atoms with Crippen LogP contribution in [0.3, 0.4) is 0 Å². The average Bonchev–Trinajstić information content (AvgIpc) is 2.48. The van der Waals surface area contributed by atoms with Crippen molar-refractivity contribution in [1.82, 2.24) is 0 Å². The van der Waals surface area contributed by atoms with Gasteiger partial charge in [-0.2, -0.15) is 0 Å². The maximum Gasteiger partial charge on any atom is 0.122 e. The van der Waals surface area contributed by atoms with Crippen LogP contribution in [0.5, 0.6) is 11.5 Å². The summed E-state index contributed by atoms with van der Waals surface area (Å²) in [4.78, 5) is 0. The van der Waals surface area contributed by atoms with Crippen LogP contribution in [0, 0.1) is 0 Å². The van der Waals surface area contributed by atoms with Crippen LogP contribution < -0.4 is 15.2 Å². The van der Waals surface area contributed by atoms with E-state index >= 15 is 0 Å². The number of rotatable bonds is 10. The fraction of sp³-hybridized carbons (Fsp3) is 0.647. The first-order valence-corrected chi connectivity index (χ1v) is 7.76. The summed E-state index contributed by atoms with van der Waals surface area (Å²) in [6, 6.07) is 6.15. The van der Waals surface area contributed by atoms with Gasteiger partial charge in [-0.25, -0.2) is 0 Å². The molecule has 2 N–H and O–H groups in total.